The third-order valence-corrected chi connectivity index (χ3v) is 5.26. The molecule has 0 amide bonds. The molecule has 2 N–H and O–H groups in total. The Morgan fingerprint density at radius 1 is 0.577 bits per heavy atom. The third kappa shape index (κ3) is 24.1. The second-order valence-electron chi connectivity index (χ2n) is 7.41. The lowest BCUT2D eigenvalue weighted by Gasteiger charge is -2.10. The van der Waals surface area contributed by atoms with Crippen molar-refractivity contribution in [2.45, 2.75) is 110 Å². The smallest absolute Gasteiger partial charge is 0.245 e. The Labute approximate surface area is 162 Å². The fourth-order valence-corrected chi connectivity index (χ4v) is 3.46. The summed E-state index contributed by atoms with van der Waals surface area (Å²) in [7, 11) is -3.34. The summed E-state index contributed by atoms with van der Waals surface area (Å²) in [5.41, 5.74) is 0. The molecule has 0 atom stereocenters. The van der Waals surface area contributed by atoms with Crippen LogP contribution in [0.2, 0.25) is 0 Å². The normalized spacial score (nSPS) is 12.0. The van der Waals surface area contributed by atoms with Crippen LogP contribution in [0.15, 0.2) is 0 Å². The minimum atomic E-state index is -3.34. The van der Waals surface area contributed by atoms with Gasteiger partial charge in [-0.3, -0.25) is 0 Å². The molecule has 0 unspecified atom stereocenters. The lowest BCUT2D eigenvalue weighted by molar-refractivity contribution is 0.0912. The molecule has 0 bridgehead atoms. The molecule has 0 spiro atoms. The van der Waals surface area contributed by atoms with Crippen molar-refractivity contribution in [3.05, 3.63) is 0 Å². The van der Waals surface area contributed by atoms with Gasteiger partial charge in [0.15, 0.2) is 0 Å². The maximum Gasteiger partial charge on any atom is 0.245 e. The van der Waals surface area contributed by atoms with Crippen LogP contribution in [0, 0.1) is 0 Å². The van der Waals surface area contributed by atoms with Gasteiger partial charge in [0, 0.05) is 6.61 Å². The summed E-state index contributed by atoms with van der Waals surface area (Å²) in [6.45, 7) is 3.60. The summed E-state index contributed by atoms with van der Waals surface area (Å²) in [6.07, 6.45) is 25.0. The molecule has 26 heavy (non-hydrogen) atoms. The quantitative estimate of drug-likeness (QED) is 0.174. The molecule has 0 aliphatic rings. The SMILES string of the molecule is C=P(O)(O)OCCOCCCCCCCCCCCCCCCCCC. The highest BCUT2D eigenvalue weighted by Crippen LogP contribution is 2.34. The van der Waals surface area contributed by atoms with Crippen molar-refractivity contribution in [1.29, 1.82) is 0 Å². The van der Waals surface area contributed by atoms with Gasteiger partial charge in [-0.15, -0.1) is 0 Å². The first kappa shape index (κ1) is 26.1. The van der Waals surface area contributed by atoms with Crippen LogP contribution in [0.25, 0.3) is 0 Å². The van der Waals surface area contributed by atoms with Crippen LogP contribution >= 0.6 is 7.57 Å². The maximum absolute atomic E-state index is 8.95. The van der Waals surface area contributed by atoms with E-state index in [1.807, 2.05) is 0 Å². The highest BCUT2D eigenvalue weighted by atomic mass is 31.2. The van der Waals surface area contributed by atoms with E-state index in [1.54, 1.807) is 0 Å². The fourth-order valence-electron chi connectivity index (χ4n) is 3.10. The van der Waals surface area contributed by atoms with Crippen LogP contribution in [0.3, 0.4) is 0 Å². The van der Waals surface area contributed by atoms with Crippen molar-refractivity contribution < 1.29 is 19.0 Å². The fraction of sp³-hybridized carbons (Fsp3) is 0.952. The van der Waals surface area contributed by atoms with E-state index in [2.05, 4.69) is 13.2 Å². The van der Waals surface area contributed by atoms with Gasteiger partial charge in [-0.2, -0.15) is 0 Å². The Kier molecular flexibility index (Phi) is 20.0. The van der Waals surface area contributed by atoms with E-state index in [4.69, 9.17) is 19.0 Å². The summed E-state index contributed by atoms with van der Waals surface area (Å²) in [5, 5.41) is 0. The average molecular weight is 393 g/mol. The van der Waals surface area contributed by atoms with Gasteiger partial charge >= 0.3 is 0 Å². The minimum absolute atomic E-state index is 0.198. The molecule has 0 saturated heterocycles. The molecule has 0 aliphatic heterocycles. The van der Waals surface area contributed by atoms with E-state index in [-0.39, 0.29) is 6.61 Å². The van der Waals surface area contributed by atoms with Gasteiger partial charge in [-0.1, -0.05) is 103 Å². The molecule has 4 nitrogen and oxygen atoms in total. The average Bonchev–Trinajstić information content (AvgIpc) is 2.59. The largest absolute Gasteiger partial charge is 0.379 e. The Bertz CT molecular complexity index is 317. The lowest BCUT2D eigenvalue weighted by Crippen LogP contribution is -2.04. The van der Waals surface area contributed by atoms with E-state index < -0.39 is 7.57 Å². The molecular weight excluding hydrogens is 347 g/mol. The molecular formula is C21H45O4P. The highest BCUT2D eigenvalue weighted by Gasteiger charge is 2.03. The van der Waals surface area contributed by atoms with E-state index in [9.17, 15) is 0 Å². The van der Waals surface area contributed by atoms with Gasteiger partial charge in [0.2, 0.25) is 7.57 Å². The summed E-state index contributed by atoms with van der Waals surface area (Å²) < 4.78 is 10.1. The third-order valence-electron chi connectivity index (χ3n) is 4.67. The number of ether oxygens (including phenoxy) is 1. The first-order valence-electron chi connectivity index (χ1n) is 11.0. The first-order valence-corrected chi connectivity index (χ1v) is 12.8. The van der Waals surface area contributed by atoms with E-state index in [0.717, 1.165) is 13.0 Å². The summed E-state index contributed by atoms with van der Waals surface area (Å²) in [6, 6.07) is 0. The molecule has 0 saturated carbocycles. The van der Waals surface area contributed by atoms with Gasteiger partial charge in [-0.05, 0) is 12.7 Å². The zero-order valence-electron chi connectivity index (χ0n) is 17.3. The predicted molar refractivity (Wildman–Crippen MR) is 115 cm³/mol. The second-order valence-corrected chi connectivity index (χ2v) is 9.00. The molecule has 0 radical (unpaired) electrons. The molecule has 158 valence electrons. The van der Waals surface area contributed by atoms with Crippen LogP contribution in [0.4, 0.5) is 0 Å². The molecule has 0 rings (SSSR count). The van der Waals surface area contributed by atoms with Gasteiger partial charge in [0.25, 0.3) is 0 Å². The van der Waals surface area contributed by atoms with Crippen molar-refractivity contribution in [2.24, 2.45) is 0 Å². The topological polar surface area (TPSA) is 58.9 Å². The van der Waals surface area contributed by atoms with Gasteiger partial charge < -0.3 is 19.0 Å². The first-order chi connectivity index (χ1) is 12.6. The monoisotopic (exact) mass is 392 g/mol. The van der Waals surface area contributed by atoms with Crippen molar-refractivity contribution in [3.8, 4) is 0 Å². The van der Waals surface area contributed by atoms with Crippen LogP contribution in [-0.4, -0.2) is 35.9 Å². The second kappa shape index (κ2) is 19.9. The highest BCUT2D eigenvalue weighted by molar-refractivity contribution is 7.57. The van der Waals surface area contributed by atoms with Gasteiger partial charge in [-0.25, -0.2) is 0 Å². The van der Waals surface area contributed by atoms with E-state index in [1.165, 1.54) is 96.3 Å². The van der Waals surface area contributed by atoms with Crippen LogP contribution in [0.1, 0.15) is 110 Å². The van der Waals surface area contributed by atoms with Crippen LogP contribution in [-0.2, 0) is 9.26 Å². The molecule has 0 aromatic carbocycles. The summed E-state index contributed by atoms with van der Waals surface area (Å²) in [4.78, 5) is 17.9. The van der Waals surface area contributed by atoms with E-state index >= 15 is 0 Å². The van der Waals surface area contributed by atoms with Gasteiger partial charge in [0.05, 0.1) is 13.2 Å². The molecule has 0 aromatic rings. The number of hydrogen-bond acceptors (Lipinski definition) is 4. The predicted octanol–water partition coefficient (Wildman–Crippen LogP) is 6.46. The Balaban J connectivity index is 3.02. The number of rotatable bonds is 21. The standard InChI is InChI=1S/C21H45O4P/c1-3-4-5-6-7-8-9-10-11-12-13-14-15-16-17-18-19-24-20-21-25-26(2,22)23/h22-23H,2-21H2,1H3. The van der Waals surface area contributed by atoms with Gasteiger partial charge in [0.1, 0.15) is 0 Å². The molecule has 5 heteroatoms. The molecule has 0 aromatic heterocycles. The van der Waals surface area contributed by atoms with Crippen molar-refractivity contribution in [1.82, 2.24) is 0 Å². The maximum atomic E-state index is 8.95. The minimum Gasteiger partial charge on any atom is -0.379 e. The van der Waals surface area contributed by atoms with Crippen LogP contribution in [0.5, 0.6) is 0 Å². The molecule has 0 heterocycles. The Hall–Kier alpha value is 0.140. The lowest BCUT2D eigenvalue weighted by atomic mass is 10.0. The zero-order chi connectivity index (χ0) is 19.3. The van der Waals surface area contributed by atoms with Crippen molar-refractivity contribution >= 4 is 13.9 Å². The zero-order valence-corrected chi connectivity index (χ0v) is 18.2. The molecule has 0 fully saturated rings. The van der Waals surface area contributed by atoms with Crippen LogP contribution < -0.4 is 0 Å². The molecule has 0 aliphatic carbocycles. The number of unbranched alkanes of at least 4 members (excludes halogenated alkanes) is 15. The number of hydrogen-bond donors (Lipinski definition) is 2. The Morgan fingerprint density at radius 2 is 0.962 bits per heavy atom. The summed E-state index contributed by atoms with van der Waals surface area (Å²) >= 11 is 0. The van der Waals surface area contributed by atoms with Crippen molar-refractivity contribution in [3.63, 3.8) is 0 Å². The Morgan fingerprint density at radius 3 is 1.35 bits per heavy atom. The van der Waals surface area contributed by atoms with Crippen molar-refractivity contribution in [2.75, 3.05) is 19.8 Å². The summed E-state index contributed by atoms with van der Waals surface area (Å²) in [5.74, 6) is 0. The van der Waals surface area contributed by atoms with E-state index in [0.29, 0.717) is 6.61 Å².